The number of hydrogen-bond donors (Lipinski definition) is 2. The van der Waals surface area contributed by atoms with Crippen LogP contribution in [0.4, 0.5) is 5.82 Å². The normalized spacial score (nSPS) is 12.2. The smallest absolute Gasteiger partial charge is 0.225 e. The van der Waals surface area contributed by atoms with Crippen molar-refractivity contribution < 1.29 is 9.90 Å². The minimum Gasteiger partial charge on any atom is -0.384 e. The summed E-state index contributed by atoms with van der Waals surface area (Å²) >= 11 is 0. The van der Waals surface area contributed by atoms with E-state index in [1.807, 2.05) is 0 Å². The molecule has 0 fully saturated rings. The number of amides is 1. The molecule has 1 unspecified atom stereocenters. The Hall–Kier alpha value is -1.86. The lowest BCUT2D eigenvalue weighted by Crippen LogP contribution is -2.24. The number of anilines is 1. The van der Waals surface area contributed by atoms with Crippen LogP contribution in [0.1, 0.15) is 39.8 Å². The van der Waals surface area contributed by atoms with Crippen LogP contribution < -0.4 is 5.32 Å². The molecule has 0 aliphatic carbocycles. The van der Waals surface area contributed by atoms with Crippen LogP contribution in [-0.4, -0.2) is 22.6 Å². The van der Waals surface area contributed by atoms with E-state index in [1.54, 1.807) is 18.2 Å². The predicted octanol–water partition coefficient (Wildman–Crippen LogP) is 2.44. The molecule has 0 aromatic carbocycles. The Morgan fingerprint density at radius 2 is 2.15 bits per heavy atom. The Morgan fingerprint density at radius 3 is 2.75 bits per heavy atom. The summed E-state index contributed by atoms with van der Waals surface area (Å²) in [5.41, 5.74) is 0.625. The lowest BCUT2D eigenvalue weighted by molar-refractivity contribution is -0.117. The fourth-order valence-corrected chi connectivity index (χ4v) is 1.48. The van der Waals surface area contributed by atoms with Gasteiger partial charge in [0.1, 0.15) is 18.1 Å². The average Bonchev–Trinajstić information content (AvgIpc) is 2.35. The zero-order chi connectivity index (χ0) is 15.2. The summed E-state index contributed by atoms with van der Waals surface area (Å²) in [5.74, 6) is 5.95. The van der Waals surface area contributed by atoms with Crippen LogP contribution in [-0.2, 0) is 4.79 Å². The Morgan fingerprint density at radius 1 is 1.45 bits per heavy atom. The first-order valence-electron chi connectivity index (χ1n) is 6.69. The number of rotatable bonds is 3. The minimum atomic E-state index is -0.207. The predicted molar refractivity (Wildman–Crippen MR) is 80.1 cm³/mol. The number of nitrogens with zero attached hydrogens (tertiary/aromatic N) is 1. The highest BCUT2D eigenvalue weighted by molar-refractivity contribution is 5.89. The Bertz CT molecular complexity index is 521. The number of aliphatic hydroxyl groups is 1. The van der Waals surface area contributed by atoms with E-state index in [1.165, 1.54) is 0 Å². The summed E-state index contributed by atoms with van der Waals surface area (Å²) in [6, 6.07) is 5.23. The zero-order valence-electron chi connectivity index (χ0n) is 12.5. The van der Waals surface area contributed by atoms with E-state index >= 15 is 0 Å². The highest BCUT2D eigenvalue weighted by Crippen LogP contribution is 2.28. The van der Waals surface area contributed by atoms with E-state index < -0.39 is 0 Å². The summed E-state index contributed by atoms with van der Waals surface area (Å²) in [5, 5.41) is 11.4. The van der Waals surface area contributed by atoms with E-state index in [2.05, 4.69) is 49.8 Å². The van der Waals surface area contributed by atoms with Crippen molar-refractivity contribution in [3.63, 3.8) is 0 Å². The van der Waals surface area contributed by atoms with Crippen LogP contribution in [0, 0.1) is 23.2 Å². The Labute approximate surface area is 120 Å². The fourth-order valence-electron chi connectivity index (χ4n) is 1.48. The topological polar surface area (TPSA) is 62.2 Å². The first-order chi connectivity index (χ1) is 9.32. The van der Waals surface area contributed by atoms with Gasteiger partial charge >= 0.3 is 0 Å². The van der Waals surface area contributed by atoms with Crippen LogP contribution >= 0.6 is 0 Å². The standard InChI is InChI=1S/C16H22N2O2/c1-12(16(2,3)4)11-15(20)18-14-9-5-7-13(17-14)8-6-10-19/h5,7,9,12,19H,10-11H2,1-4H3,(H,17,18,20). The molecule has 108 valence electrons. The van der Waals surface area contributed by atoms with Gasteiger partial charge in [0.2, 0.25) is 5.91 Å². The van der Waals surface area contributed by atoms with Crippen molar-refractivity contribution in [3.05, 3.63) is 23.9 Å². The van der Waals surface area contributed by atoms with Gasteiger partial charge in [-0.25, -0.2) is 4.98 Å². The van der Waals surface area contributed by atoms with Crippen molar-refractivity contribution in [2.45, 2.75) is 34.1 Å². The molecule has 1 aromatic heterocycles. The van der Waals surface area contributed by atoms with Gasteiger partial charge in [-0.15, -0.1) is 0 Å². The molecular formula is C16H22N2O2. The zero-order valence-corrected chi connectivity index (χ0v) is 12.5. The van der Waals surface area contributed by atoms with Crippen molar-refractivity contribution in [1.82, 2.24) is 4.98 Å². The van der Waals surface area contributed by atoms with Gasteiger partial charge in [0, 0.05) is 6.42 Å². The minimum absolute atomic E-state index is 0.0489. The summed E-state index contributed by atoms with van der Waals surface area (Å²) in [4.78, 5) is 16.2. The maximum absolute atomic E-state index is 12.0. The molecule has 20 heavy (non-hydrogen) atoms. The number of aliphatic hydroxyl groups excluding tert-OH is 1. The van der Waals surface area contributed by atoms with Crippen molar-refractivity contribution in [2.24, 2.45) is 11.3 Å². The van der Waals surface area contributed by atoms with Gasteiger partial charge in [-0.3, -0.25) is 4.79 Å². The van der Waals surface area contributed by atoms with Crippen LogP contribution in [0.5, 0.6) is 0 Å². The number of pyridine rings is 1. The van der Waals surface area contributed by atoms with E-state index in [-0.39, 0.29) is 23.8 Å². The molecule has 1 amide bonds. The third-order valence-corrected chi connectivity index (χ3v) is 3.28. The first-order valence-corrected chi connectivity index (χ1v) is 6.69. The molecule has 2 N–H and O–H groups in total. The summed E-state index contributed by atoms with van der Waals surface area (Å²) in [7, 11) is 0. The number of carbonyl (C=O) groups is 1. The fraction of sp³-hybridized carbons (Fsp3) is 0.500. The molecule has 0 aliphatic heterocycles. The van der Waals surface area contributed by atoms with Crippen LogP contribution in [0.2, 0.25) is 0 Å². The Balaban J connectivity index is 2.67. The van der Waals surface area contributed by atoms with E-state index in [0.717, 1.165) is 0 Å². The van der Waals surface area contributed by atoms with Crippen LogP contribution in [0.25, 0.3) is 0 Å². The molecule has 4 heteroatoms. The van der Waals surface area contributed by atoms with Crippen molar-refractivity contribution in [1.29, 1.82) is 0 Å². The molecule has 0 bridgehead atoms. The number of carbonyl (C=O) groups excluding carboxylic acids is 1. The Kier molecular flexibility index (Phi) is 5.72. The SMILES string of the molecule is CC(CC(=O)Nc1cccc(C#CCO)n1)C(C)(C)C. The largest absolute Gasteiger partial charge is 0.384 e. The summed E-state index contributed by atoms with van der Waals surface area (Å²) in [6.07, 6.45) is 0.456. The van der Waals surface area contributed by atoms with Gasteiger partial charge in [0.15, 0.2) is 0 Å². The summed E-state index contributed by atoms with van der Waals surface area (Å²) < 4.78 is 0. The lowest BCUT2D eigenvalue weighted by atomic mass is 9.80. The molecule has 1 rings (SSSR count). The van der Waals surface area contributed by atoms with E-state index in [9.17, 15) is 4.79 Å². The molecule has 0 radical (unpaired) electrons. The maximum Gasteiger partial charge on any atom is 0.225 e. The second kappa shape index (κ2) is 7.06. The quantitative estimate of drug-likeness (QED) is 0.832. The molecule has 0 saturated heterocycles. The molecule has 1 aromatic rings. The molecule has 4 nitrogen and oxygen atoms in total. The number of aromatic nitrogens is 1. The van der Waals surface area contributed by atoms with Gasteiger partial charge in [0.25, 0.3) is 0 Å². The van der Waals surface area contributed by atoms with E-state index in [4.69, 9.17) is 5.11 Å². The van der Waals surface area contributed by atoms with Crippen LogP contribution in [0.15, 0.2) is 18.2 Å². The van der Waals surface area contributed by atoms with Gasteiger partial charge in [0.05, 0.1) is 0 Å². The third kappa shape index (κ3) is 5.41. The highest BCUT2D eigenvalue weighted by atomic mass is 16.2. The van der Waals surface area contributed by atoms with Crippen molar-refractivity contribution in [3.8, 4) is 11.8 Å². The average molecular weight is 274 g/mol. The molecule has 1 heterocycles. The van der Waals surface area contributed by atoms with Gasteiger partial charge < -0.3 is 10.4 Å². The second-order valence-corrected chi connectivity index (χ2v) is 5.89. The number of nitrogens with one attached hydrogen (secondary N) is 1. The molecular weight excluding hydrogens is 252 g/mol. The lowest BCUT2D eigenvalue weighted by Gasteiger charge is -2.26. The number of hydrogen-bond acceptors (Lipinski definition) is 3. The maximum atomic E-state index is 12.0. The molecule has 0 aliphatic rings. The first kappa shape index (κ1) is 16.2. The van der Waals surface area contributed by atoms with Gasteiger partial charge in [-0.05, 0) is 29.4 Å². The summed E-state index contributed by atoms with van der Waals surface area (Å²) in [6.45, 7) is 8.22. The van der Waals surface area contributed by atoms with E-state index in [0.29, 0.717) is 17.9 Å². The monoisotopic (exact) mass is 274 g/mol. The molecule has 0 spiro atoms. The van der Waals surface area contributed by atoms with Crippen LogP contribution in [0.3, 0.4) is 0 Å². The molecule has 0 saturated carbocycles. The van der Waals surface area contributed by atoms with Crippen molar-refractivity contribution >= 4 is 11.7 Å². The third-order valence-electron chi connectivity index (χ3n) is 3.28. The van der Waals surface area contributed by atoms with Gasteiger partial charge in [-0.2, -0.15) is 0 Å². The molecule has 1 atom stereocenters. The van der Waals surface area contributed by atoms with Gasteiger partial charge in [-0.1, -0.05) is 39.7 Å². The van der Waals surface area contributed by atoms with Crippen molar-refractivity contribution in [2.75, 3.05) is 11.9 Å². The second-order valence-electron chi connectivity index (χ2n) is 5.89. The highest BCUT2D eigenvalue weighted by Gasteiger charge is 2.22.